The minimum absolute atomic E-state index is 0.104. The highest BCUT2D eigenvalue weighted by molar-refractivity contribution is 5.91. The van der Waals surface area contributed by atoms with E-state index in [2.05, 4.69) is 18.5 Å². The Hall–Kier alpha value is -2.94. The lowest BCUT2D eigenvalue weighted by atomic mass is 9.88. The Morgan fingerprint density at radius 2 is 1.86 bits per heavy atom. The Labute approximate surface area is 167 Å². The molecule has 0 unspecified atom stereocenters. The van der Waals surface area contributed by atoms with E-state index in [0.717, 1.165) is 64.8 Å². The van der Waals surface area contributed by atoms with Crippen LogP contribution in [0.5, 0.6) is 11.5 Å². The fourth-order valence-electron chi connectivity index (χ4n) is 3.76. The number of aromatic nitrogens is 1. The molecule has 146 valence electrons. The minimum atomic E-state index is 0.104. The molecular weight excluding hydrogens is 346 g/mol. The predicted octanol–water partition coefficient (Wildman–Crippen LogP) is 6.83. The van der Waals surface area contributed by atoms with E-state index in [-0.39, 0.29) is 11.5 Å². The fourth-order valence-corrected chi connectivity index (χ4v) is 3.76. The van der Waals surface area contributed by atoms with Gasteiger partial charge in [-0.25, -0.2) is 0 Å². The third-order valence-electron chi connectivity index (χ3n) is 5.18. The lowest BCUT2D eigenvalue weighted by Gasteiger charge is -2.19. The number of unbranched alkanes of at least 4 members (excludes halogenated alkanes) is 2. The molecule has 0 aliphatic rings. The minimum Gasteiger partial charge on any atom is -0.507 e. The highest BCUT2D eigenvalue weighted by atomic mass is 16.3. The summed E-state index contributed by atoms with van der Waals surface area (Å²) >= 11 is 0. The molecule has 28 heavy (non-hydrogen) atoms. The SMILES string of the molecule is C=C(C)c1ccc(C)cc1-c1c(O)cc(CCCCC)c(-c2ccc[nH]2)c1O. The Bertz CT molecular complexity index is 984. The number of H-pyrrole nitrogens is 1. The first-order valence-electron chi connectivity index (χ1n) is 9.92. The van der Waals surface area contributed by atoms with Gasteiger partial charge in [0, 0.05) is 17.5 Å². The molecule has 3 rings (SSSR count). The van der Waals surface area contributed by atoms with Gasteiger partial charge in [-0.05, 0) is 61.6 Å². The number of aromatic hydroxyl groups is 2. The van der Waals surface area contributed by atoms with Crippen molar-refractivity contribution in [2.75, 3.05) is 0 Å². The van der Waals surface area contributed by atoms with Crippen molar-refractivity contribution in [2.24, 2.45) is 0 Å². The van der Waals surface area contributed by atoms with Crippen molar-refractivity contribution in [3.05, 3.63) is 65.9 Å². The van der Waals surface area contributed by atoms with Crippen LogP contribution in [0.4, 0.5) is 0 Å². The third kappa shape index (κ3) is 3.84. The quantitative estimate of drug-likeness (QED) is 0.396. The number of aryl methyl sites for hydroxylation is 2. The number of hydrogen-bond acceptors (Lipinski definition) is 2. The van der Waals surface area contributed by atoms with E-state index in [1.807, 2.05) is 56.4 Å². The van der Waals surface area contributed by atoms with Crippen molar-refractivity contribution in [1.82, 2.24) is 4.98 Å². The van der Waals surface area contributed by atoms with Crippen molar-refractivity contribution >= 4 is 5.57 Å². The normalized spacial score (nSPS) is 11.0. The third-order valence-corrected chi connectivity index (χ3v) is 5.18. The maximum atomic E-state index is 11.3. The van der Waals surface area contributed by atoms with Gasteiger partial charge >= 0.3 is 0 Å². The fraction of sp³-hybridized carbons (Fsp3) is 0.280. The van der Waals surface area contributed by atoms with Gasteiger partial charge in [-0.2, -0.15) is 0 Å². The number of phenolic OH excluding ortho intramolecular Hbond substituents is 2. The van der Waals surface area contributed by atoms with E-state index in [0.29, 0.717) is 5.56 Å². The average Bonchev–Trinajstić information content (AvgIpc) is 3.15. The van der Waals surface area contributed by atoms with E-state index in [4.69, 9.17) is 0 Å². The number of aromatic amines is 1. The van der Waals surface area contributed by atoms with Crippen LogP contribution in [-0.2, 0) is 6.42 Å². The van der Waals surface area contributed by atoms with Crippen LogP contribution in [0.1, 0.15) is 49.8 Å². The molecule has 0 fully saturated rings. The standard InChI is InChI=1S/C25H29NO2/c1-5-6-7-9-18-15-22(27)24(25(28)23(18)21-10-8-13-26-21)20-14-17(4)11-12-19(20)16(2)3/h8,10-15,26-28H,2,5-7,9H2,1,3-4H3. The summed E-state index contributed by atoms with van der Waals surface area (Å²) in [5.74, 6) is 0.217. The summed E-state index contributed by atoms with van der Waals surface area (Å²) in [5, 5.41) is 22.2. The number of hydrogen-bond donors (Lipinski definition) is 3. The van der Waals surface area contributed by atoms with Crippen molar-refractivity contribution in [2.45, 2.75) is 46.5 Å². The van der Waals surface area contributed by atoms with E-state index in [1.165, 1.54) is 0 Å². The number of nitrogens with one attached hydrogen (secondary N) is 1. The first-order valence-corrected chi connectivity index (χ1v) is 9.92. The van der Waals surface area contributed by atoms with Crippen molar-refractivity contribution in [3.63, 3.8) is 0 Å². The summed E-state index contributed by atoms with van der Waals surface area (Å²) < 4.78 is 0. The molecule has 0 bridgehead atoms. The monoisotopic (exact) mass is 375 g/mol. The van der Waals surface area contributed by atoms with Gasteiger partial charge in [-0.15, -0.1) is 0 Å². The van der Waals surface area contributed by atoms with Gasteiger partial charge in [0.25, 0.3) is 0 Å². The molecular formula is C25H29NO2. The summed E-state index contributed by atoms with van der Waals surface area (Å²) in [6, 6.07) is 11.7. The van der Waals surface area contributed by atoms with Crippen molar-refractivity contribution in [1.29, 1.82) is 0 Å². The molecule has 0 aliphatic heterocycles. The molecule has 0 saturated heterocycles. The molecule has 2 aromatic carbocycles. The van der Waals surface area contributed by atoms with E-state index in [9.17, 15) is 10.2 Å². The average molecular weight is 376 g/mol. The van der Waals surface area contributed by atoms with Gasteiger partial charge in [0.15, 0.2) is 0 Å². The van der Waals surface area contributed by atoms with Crippen LogP contribution in [0.25, 0.3) is 28.0 Å². The zero-order valence-corrected chi connectivity index (χ0v) is 17.0. The Morgan fingerprint density at radius 3 is 2.50 bits per heavy atom. The smallest absolute Gasteiger partial charge is 0.136 e. The first-order chi connectivity index (χ1) is 13.4. The molecule has 3 N–H and O–H groups in total. The Balaban J connectivity index is 2.26. The molecule has 0 amide bonds. The second-order valence-electron chi connectivity index (χ2n) is 7.52. The molecule has 0 radical (unpaired) electrons. The van der Waals surface area contributed by atoms with Gasteiger partial charge < -0.3 is 15.2 Å². The largest absolute Gasteiger partial charge is 0.507 e. The molecule has 3 nitrogen and oxygen atoms in total. The number of benzene rings is 2. The Kier molecular flexibility index (Phi) is 5.93. The maximum absolute atomic E-state index is 11.3. The molecule has 1 aromatic heterocycles. The second kappa shape index (κ2) is 8.39. The number of allylic oxidation sites excluding steroid dienone is 1. The first kappa shape index (κ1) is 19.8. The van der Waals surface area contributed by atoms with Crippen LogP contribution in [0.3, 0.4) is 0 Å². The molecule has 0 spiro atoms. The van der Waals surface area contributed by atoms with Crippen LogP contribution in [0, 0.1) is 6.92 Å². The predicted molar refractivity (Wildman–Crippen MR) is 118 cm³/mol. The van der Waals surface area contributed by atoms with Crippen LogP contribution in [-0.4, -0.2) is 15.2 Å². The lowest BCUT2D eigenvalue weighted by Crippen LogP contribution is -1.96. The van der Waals surface area contributed by atoms with Crippen LogP contribution < -0.4 is 0 Å². The summed E-state index contributed by atoms with van der Waals surface area (Å²) in [6.45, 7) is 10.2. The highest BCUT2D eigenvalue weighted by Crippen LogP contribution is 2.47. The van der Waals surface area contributed by atoms with Crippen LogP contribution >= 0.6 is 0 Å². The van der Waals surface area contributed by atoms with Crippen molar-refractivity contribution < 1.29 is 10.2 Å². The van der Waals surface area contributed by atoms with E-state index in [1.54, 1.807) is 0 Å². The van der Waals surface area contributed by atoms with Gasteiger partial charge in [0.05, 0.1) is 5.56 Å². The topological polar surface area (TPSA) is 56.2 Å². The molecule has 0 saturated carbocycles. The number of phenols is 2. The van der Waals surface area contributed by atoms with Gasteiger partial charge in [0.1, 0.15) is 11.5 Å². The van der Waals surface area contributed by atoms with E-state index >= 15 is 0 Å². The molecule has 0 atom stereocenters. The second-order valence-corrected chi connectivity index (χ2v) is 7.52. The summed E-state index contributed by atoms with van der Waals surface area (Å²) in [7, 11) is 0. The molecule has 1 heterocycles. The zero-order chi connectivity index (χ0) is 20.3. The van der Waals surface area contributed by atoms with E-state index < -0.39 is 0 Å². The lowest BCUT2D eigenvalue weighted by molar-refractivity contribution is 0.454. The number of rotatable bonds is 7. The zero-order valence-electron chi connectivity index (χ0n) is 17.0. The van der Waals surface area contributed by atoms with Gasteiger partial charge in [-0.3, -0.25) is 0 Å². The van der Waals surface area contributed by atoms with Crippen molar-refractivity contribution in [3.8, 4) is 33.9 Å². The summed E-state index contributed by atoms with van der Waals surface area (Å²) in [6.07, 6.45) is 5.92. The maximum Gasteiger partial charge on any atom is 0.136 e. The molecule has 0 aliphatic carbocycles. The van der Waals surface area contributed by atoms with Gasteiger partial charge in [-0.1, -0.05) is 55.7 Å². The molecule has 3 heteroatoms. The summed E-state index contributed by atoms with van der Waals surface area (Å²) in [5.41, 5.74) is 6.72. The highest BCUT2D eigenvalue weighted by Gasteiger charge is 2.22. The Morgan fingerprint density at radius 1 is 1.07 bits per heavy atom. The molecule has 3 aromatic rings. The van der Waals surface area contributed by atoms with Crippen LogP contribution in [0.15, 0.2) is 49.2 Å². The van der Waals surface area contributed by atoms with Gasteiger partial charge in [0.2, 0.25) is 0 Å². The van der Waals surface area contributed by atoms with Crippen LogP contribution in [0.2, 0.25) is 0 Å². The summed E-state index contributed by atoms with van der Waals surface area (Å²) in [4.78, 5) is 3.21.